The Balaban J connectivity index is 1.73. The molecule has 1 aliphatic heterocycles. The Hall–Kier alpha value is -0.0800. The van der Waals surface area contributed by atoms with E-state index in [0.717, 1.165) is 17.9 Å². The zero-order chi connectivity index (χ0) is 15.3. The van der Waals surface area contributed by atoms with Crippen LogP contribution < -0.4 is 5.32 Å². The molecular weight excluding hydrogens is 256 g/mol. The maximum atomic E-state index is 3.96. The van der Waals surface area contributed by atoms with E-state index < -0.39 is 0 Å². The first kappa shape index (κ1) is 17.3. The number of hydrogen-bond donors (Lipinski definition) is 1. The van der Waals surface area contributed by atoms with Crippen LogP contribution in [0.1, 0.15) is 72.6 Å². The topological polar surface area (TPSA) is 15.3 Å². The average Bonchev–Trinajstić information content (AvgIpc) is 2.85. The van der Waals surface area contributed by atoms with E-state index in [2.05, 4.69) is 37.9 Å². The molecule has 0 bridgehead atoms. The molecule has 2 heteroatoms. The molecule has 1 aliphatic carbocycles. The smallest absolute Gasteiger partial charge is 0.00916 e. The predicted molar refractivity (Wildman–Crippen MR) is 92.7 cm³/mol. The van der Waals surface area contributed by atoms with Gasteiger partial charge < -0.3 is 10.2 Å². The highest BCUT2D eigenvalue weighted by atomic mass is 15.1. The zero-order valence-electron chi connectivity index (χ0n) is 15.0. The fourth-order valence-corrected chi connectivity index (χ4v) is 4.64. The molecule has 0 atom stereocenters. The predicted octanol–water partition coefficient (Wildman–Crippen LogP) is 4.30. The van der Waals surface area contributed by atoms with E-state index >= 15 is 0 Å². The van der Waals surface area contributed by atoms with Crippen LogP contribution in [0.5, 0.6) is 0 Å². The second-order valence-electron chi connectivity index (χ2n) is 8.65. The van der Waals surface area contributed by atoms with Crippen molar-refractivity contribution in [2.24, 2.45) is 17.3 Å². The minimum atomic E-state index is 0.628. The third-order valence-corrected chi connectivity index (χ3v) is 5.48. The second kappa shape index (κ2) is 7.97. The van der Waals surface area contributed by atoms with Crippen molar-refractivity contribution in [2.75, 3.05) is 26.2 Å². The molecule has 0 aromatic heterocycles. The van der Waals surface area contributed by atoms with Crippen molar-refractivity contribution in [3.63, 3.8) is 0 Å². The molecule has 2 fully saturated rings. The van der Waals surface area contributed by atoms with Crippen molar-refractivity contribution in [3.8, 4) is 0 Å². The van der Waals surface area contributed by atoms with Gasteiger partial charge in [0.25, 0.3) is 0 Å². The molecule has 1 heterocycles. The summed E-state index contributed by atoms with van der Waals surface area (Å²) in [6.45, 7) is 14.6. The highest BCUT2D eigenvalue weighted by Crippen LogP contribution is 2.42. The summed E-state index contributed by atoms with van der Waals surface area (Å²) in [5.41, 5.74) is 0.628. The first-order valence-corrected chi connectivity index (χ1v) is 9.45. The molecule has 21 heavy (non-hydrogen) atoms. The Morgan fingerprint density at radius 1 is 1.00 bits per heavy atom. The number of piperidine rings is 1. The van der Waals surface area contributed by atoms with E-state index in [9.17, 15) is 0 Å². The third kappa shape index (κ3) is 5.56. The molecule has 0 spiro atoms. The van der Waals surface area contributed by atoms with E-state index in [1.807, 2.05) is 0 Å². The summed E-state index contributed by atoms with van der Waals surface area (Å²) in [5, 5.41) is 3.96. The number of nitrogens with one attached hydrogen (secondary N) is 1. The van der Waals surface area contributed by atoms with Crippen LogP contribution in [0.25, 0.3) is 0 Å². The molecule has 0 aromatic carbocycles. The van der Waals surface area contributed by atoms with Crippen molar-refractivity contribution in [3.05, 3.63) is 0 Å². The quantitative estimate of drug-likeness (QED) is 0.753. The summed E-state index contributed by atoms with van der Waals surface area (Å²) in [4.78, 5) is 2.66. The third-order valence-electron chi connectivity index (χ3n) is 5.48. The Bertz CT molecular complexity index is 284. The minimum Gasteiger partial charge on any atom is -0.313 e. The monoisotopic (exact) mass is 294 g/mol. The summed E-state index contributed by atoms with van der Waals surface area (Å²) in [6, 6.07) is 0.776. The van der Waals surface area contributed by atoms with Crippen molar-refractivity contribution in [2.45, 2.75) is 78.7 Å². The van der Waals surface area contributed by atoms with Gasteiger partial charge in [-0.25, -0.2) is 0 Å². The van der Waals surface area contributed by atoms with Gasteiger partial charge in [-0.2, -0.15) is 0 Å². The van der Waals surface area contributed by atoms with Gasteiger partial charge in [0.05, 0.1) is 0 Å². The van der Waals surface area contributed by atoms with Crippen LogP contribution in [0, 0.1) is 17.3 Å². The van der Waals surface area contributed by atoms with Crippen molar-refractivity contribution >= 4 is 0 Å². The molecule has 0 radical (unpaired) electrons. The SMILES string of the molecule is CC(C)CN1CCC(NCC2(CC(C)C)CCCC2)CC1. The Labute approximate surface area is 133 Å². The fourth-order valence-electron chi connectivity index (χ4n) is 4.64. The Kier molecular flexibility index (Phi) is 6.55. The molecule has 2 nitrogen and oxygen atoms in total. The lowest BCUT2D eigenvalue weighted by Gasteiger charge is -2.37. The lowest BCUT2D eigenvalue weighted by Crippen LogP contribution is -2.46. The number of rotatable bonds is 7. The van der Waals surface area contributed by atoms with Gasteiger partial charge >= 0.3 is 0 Å². The normalized spacial score (nSPS) is 24.3. The van der Waals surface area contributed by atoms with Crippen molar-refractivity contribution in [1.29, 1.82) is 0 Å². The molecule has 1 saturated heterocycles. The van der Waals surface area contributed by atoms with E-state index in [1.54, 1.807) is 0 Å². The lowest BCUT2D eigenvalue weighted by atomic mass is 9.78. The van der Waals surface area contributed by atoms with Crippen LogP contribution in [0.3, 0.4) is 0 Å². The summed E-state index contributed by atoms with van der Waals surface area (Å²) in [6.07, 6.45) is 9.97. The van der Waals surface area contributed by atoms with Gasteiger partial charge in [0, 0.05) is 19.1 Å². The number of likely N-dealkylation sites (tertiary alicyclic amines) is 1. The summed E-state index contributed by atoms with van der Waals surface area (Å²) >= 11 is 0. The van der Waals surface area contributed by atoms with Gasteiger partial charge in [0.1, 0.15) is 0 Å². The largest absolute Gasteiger partial charge is 0.313 e. The molecule has 1 N–H and O–H groups in total. The van der Waals surface area contributed by atoms with Crippen LogP contribution >= 0.6 is 0 Å². The van der Waals surface area contributed by atoms with Crippen molar-refractivity contribution in [1.82, 2.24) is 10.2 Å². The second-order valence-corrected chi connectivity index (χ2v) is 8.65. The van der Waals surface area contributed by atoms with Gasteiger partial charge in [-0.15, -0.1) is 0 Å². The highest BCUT2D eigenvalue weighted by Gasteiger charge is 2.34. The molecule has 124 valence electrons. The molecule has 2 rings (SSSR count). The number of hydrogen-bond acceptors (Lipinski definition) is 2. The maximum Gasteiger partial charge on any atom is 0.00916 e. The van der Waals surface area contributed by atoms with E-state index in [0.29, 0.717) is 5.41 Å². The average molecular weight is 295 g/mol. The fraction of sp³-hybridized carbons (Fsp3) is 1.00. The van der Waals surface area contributed by atoms with Crippen LogP contribution in [0.4, 0.5) is 0 Å². The first-order valence-electron chi connectivity index (χ1n) is 9.45. The lowest BCUT2D eigenvalue weighted by molar-refractivity contribution is 0.159. The van der Waals surface area contributed by atoms with Gasteiger partial charge in [0.15, 0.2) is 0 Å². The summed E-state index contributed by atoms with van der Waals surface area (Å²) in [7, 11) is 0. The van der Waals surface area contributed by atoms with Gasteiger partial charge in [0.2, 0.25) is 0 Å². The van der Waals surface area contributed by atoms with Gasteiger partial charge in [-0.1, -0.05) is 40.5 Å². The molecule has 0 unspecified atom stereocenters. The Morgan fingerprint density at radius 3 is 2.14 bits per heavy atom. The maximum absolute atomic E-state index is 3.96. The Morgan fingerprint density at radius 2 is 1.62 bits per heavy atom. The van der Waals surface area contributed by atoms with Gasteiger partial charge in [-0.05, 0) is 62.4 Å². The first-order chi connectivity index (χ1) is 9.99. The molecule has 1 saturated carbocycles. The van der Waals surface area contributed by atoms with Crippen molar-refractivity contribution < 1.29 is 0 Å². The minimum absolute atomic E-state index is 0.628. The highest BCUT2D eigenvalue weighted by molar-refractivity contribution is 4.89. The van der Waals surface area contributed by atoms with E-state index in [1.165, 1.54) is 71.1 Å². The molecule has 0 aromatic rings. The molecule has 2 aliphatic rings. The zero-order valence-corrected chi connectivity index (χ0v) is 15.0. The molecular formula is C19H38N2. The van der Waals surface area contributed by atoms with Crippen LogP contribution in [0.2, 0.25) is 0 Å². The van der Waals surface area contributed by atoms with E-state index in [-0.39, 0.29) is 0 Å². The summed E-state index contributed by atoms with van der Waals surface area (Å²) in [5.74, 6) is 1.65. The van der Waals surface area contributed by atoms with Crippen LogP contribution in [-0.2, 0) is 0 Å². The standard InChI is InChI=1S/C19H38N2/c1-16(2)13-19(9-5-6-10-19)15-20-18-7-11-21(12-8-18)14-17(3)4/h16-18,20H,5-15H2,1-4H3. The van der Waals surface area contributed by atoms with E-state index in [4.69, 9.17) is 0 Å². The molecule has 0 amide bonds. The van der Waals surface area contributed by atoms with Crippen LogP contribution in [-0.4, -0.2) is 37.1 Å². The number of nitrogens with zero attached hydrogens (tertiary/aromatic N) is 1. The summed E-state index contributed by atoms with van der Waals surface area (Å²) < 4.78 is 0. The van der Waals surface area contributed by atoms with Gasteiger partial charge in [-0.3, -0.25) is 0 Å². The van der Waals surface area contributed by atoms with Crippen LogP contribution in [0.15, 0.2) is 0 Å².